The summed E-state index contributed by atoms with van der Waals surface area (Å²) in [5, 5.41) is 0.262. The summed E-state index contributed by atoms with van der Waals surface area (Å²) in [5.74, 6) is -0.518. The minimum Gasteiger partial charge on any atom is -0.492 e. The molecule has 0 bridgehead atoms. The van der Waals surface area contributed by atoms with E-state index in [0.29, 0.717) is 34.5 Å². The van der Waals surface area contributed by atoms with Crippen LogP contribution in [0.5, 0.6) is 5.75 Å². The van der Waals surface area contributed by atoms with Crippen LogP contribution in [-0.4, -0.2) is 17.5 Å². The number of nitrogens with two attached hydrogens (primary N) is 1. The Hall–Kier alpha value is -1.47. The molecule has 2 N–H and O–H groups in total. The van der Waals surface area contributed by atoms with Crippen LogP contribution in [0.3, 0.4) is 0 Å². The summed E-state index contributed by atoms with van der Waals surface area (Å²) in [6, 6.07) is 2.93. The normalized spacial score (nSPS) is 11.4. The molecular weight excluding hydrogens is 383 g/mol. The molecule has 1 aliphatic rings. The zero-order chi connectivity index (χ0) is 17.6. The van der Waals surface area contributed by atoms with Crippen LogP contribution in [0.15, 0.2) is 16.6 Å². The van der Waals surface area contributed by atoms with Gasteiger partial charge in [-0.3, -0.25) is 4.79 Å². The van der Waals surface area contributed by atoms with Gasteiger partial charge in [0.25, 0.3) is 5.91 Å². The molecule has 0 atom stereocenters. The molecule has 0 saturated carbocycles. The van der Waals surface area contributed by atoms with E-state index in [1.54, 1.807) is 6.07 Å². The zero-order valence-corrected chi connectivity index (χ0v) is 16.0. The Labute approximate surface area is 148 Å². The molecule has 0 radical (unpaired) electrons. The number of thiazole rings is 1. The largest absolute Gasteiger partial charge is 0.492 e. The molecule has 0 fully saturated rings. The maximum atomic E-state index is 13.5. The molecule has 126 valence electrons. The van der Waals surface area contributed by atoms with E-state index in [1.165, 1.54) is 17.4 Å². The zero-order valence-electron chi connectivity index (χ0n) is 13.6. The molecule has 7 heteroatoms. The summed E-state index contributed by atoms with van der Waals surface area (Å²) in [7, 11) is 0. The van der Waals surface area contributed by atoms with Crippen molar-refractivity contribution in [1.82, 2.24) is 4.98 Å². The first kappa shape index (κ1) is 19.6. The molecular formula is C16H20BrFN2O2S. The highest BCUT2D eigenvalue weighted by Crippen LogP contribution is 2.39. The summed E-state index contributed by atoms with van der Waals surface area (Å²) >= 11 is 4.40. The molecule has 1 aromatic heterocycles. The van der Waals surface area contributed by atoms with E-state index in [4.69, 9.17) is 10.5 Å². The van der Waals surface area contributed by atoms with Gasteiger partial charge in [0.2, 0.25) is 0 Å². The predicted molar refractivity (Wildman–Crippen MR) is 95.6 cm³/mol. The van der Waals surface area contributed by atoms with Crippen molar-refractivity contribution in [2.24, 2.45) is 5.73 Å². The summed E-state index contributed by atoms with van der Waals surface area (Å²) in [6.45, 7) is 8.42. The van der Waals surface area contributed by atoms with Gasteiger partial charge in [0.1, 0.15) is 11.6 Å². The van der Waals surface area contributed by atoms with Crippen molar-refractivity contribution in [1.29, 1.82) is 0 Å². The van der Waals surface area contributed by atoms with Crippen LogP contribution in [0.25, 0.3) is 11.3 Å². The lowest BCUT2D eigenvalue weighted by Crippen LogP contribution is -2.10. The summed E-state index contributed by atoms with van der Waals surface area (Å²) in [4.78, 5) is 16.4. The third-order valence-corrected chi connectivity index (χ3v) is 4.51. The van der Waals surface area contributed by atoms with Crippen LogP contribution < -0.4 is 10.5 Å². The smallest absolute Gasteiger partial charge is 0.277 e. The minimum absolute atomic E-state index is 0.262. The number of ether oxygens (including phenoxy) is 1. The molecule has 1 aliphatic heterocycles. The highest BCUT2D eigenvalue weighted by Gasteiger charge is 2.23. The fraction of sp³-hybridized carbons (Fsp3) is 0.375. The average molecular weight is 403 g/mol. The number of fused-ring (bicyclic) bond motifs is 3. The van der Waals surface area contributed by atoms with E-state index in [9.17, 15) is 9.18 Å². The first-order valence-corrected chi connectivity index (χ1v) is 9.09. The van der Waals surface area contributed by atoms with Crippen molar-refractivity contribution in [2.45, 2.75) is 34.1 Å². The molecule has 3 rings (SSSR count). The fourth-order valence-electron chi connectivity index (χ4n) is 1.92. The number of carbonyl (C=O) groups excluding carboxylic acids is 1. The summed E-state index contributed by atoms with van der Waals surface area (Å²) < 4.78 is 19.4. The molecule has 1 amide bonds. The molecule has 2 aromatic rings. The molecule has 0 unspecified atom stereocenters. The standard InChI is InChI=1S/C12H8BrFN2O2S.2C2H6/c13-6-3-5-8(4-7(6)14)18-2-1-9-10(5)16-12(19-9)11(15)17;2*1-2/h3-4H,1-2H2,(H2,15,17);2*1-2H3. The SMILES string of the molecule is CC.CC.NC(=O)c1nc2c(s1)CCOc1cc(F)c(Br)cc1-2. The van der Waals surface area contributed by atoms with Crippen LogP contribution >= 0.6 is 27.3 Å². The van der Waals surface area contributed by atoms with Crippen molar-refractivity contribution in [2.75, 3.05) is 6.61 Å². The second-order valence-corrected chi connectivity index (χ2v) is 5.95. The number of rotatable bonds is 1. The Morgan fingerprint density at radius 3 is 2.61 bits per heavy atom. The van der Waals surface area contributed by atoms with Crippen LogP contribution in [-0.2, 0) is 6.42 Å². The number of halogens is 2. The number of hydrogen-bond acceptors (Lipinski definition) is 4. The van der Waals surface area contributed by atoms with Crippen molar-refractivity contribution in [3.05, 3.63) is 32.3 Å². The summed E-state index contributed by atoms with van der Waals surface area (Å²) in [6.07, 6.45) is 0.619. The fourth-order valence-corrected chi connectivity index (χ4v) is 3.18. The van der Waals surface area contributed by atoms with Crippen LogP contribution in [0.1, 0.15) is 42.4 Å². The van der Waals surface area contributed by atoms with Crippen molar-refractivity contribution >= 4 is 33.2 Å². The van der Waals surface area contributed by atoms with Gasteiger partial charge < -0.3 is 10.5 Å². The molecule has 0 saturated heterocycles. The van der Waals surface area contributed by atoms with Crippen LogP contribution in [0.2, 0.25) is 0 Å². The van der Waals surface area contributed by atoms with Gasteiger partial charge in [-0.1, -0.05) is 27.7 Å². The van der Waals surface area contributed by atoms with Crippen LogP contribution in [0, 0.1) is 5.82 Å². The van der Waals surface area contributed by atoms with E-state index in [0.717, 1.165) is 4.88 Å². The molecule has 2 heterocycles. The maximum absolute atomic E-state index is 13.5. The van der Waals surface area contributed by atoms with Gasteiger partial charge in [-0.15, -0.1) is 11.3 Å². The Bertz CT molecular complexity index is 689. The van der Waals surface area contributed by atoms with E-state index >= 15 is 0 Å². The van der Waals surface area contributed by atoms with Gasteiger partial charge in [0.05, 0.1) is 16.8 Å². The van der Waals surface area contributed by atoms with E-state index < -0.39 is 11.7 Å². The number of amides is 1. The van der Waals surface area contributed by atoms with E-state index in [-0.39, 0.29) is 5.01 Å². The van der Waals surface area contributed by atoms with Gasteiger partial charge in [-0.25, -0.2) is 9.37 Å². The number of primary amides is 1. The predicted octanol–water partition coefficient (Wildman–Crippen LogP) is 4.80. The van der Waals surface area contributed by atoms with Crippen LogP contribution in [0.4, 0.5) is 4.39 Å². The second-order valence-electron chi connectivity index (χ2n) is 4.02. The Morgan fingerprint density at radius 2 is 2.00 bits per heavy atom. The third kappa shape index (κ3) is 4.29. The molecule has 0 aliphatic carbocycles. The maximum Gasteiger partial charge on any atom is 0.277 e. The monoisotopic (exact) mass is 402 g/mol. The van der Waals surface area contributed by atoms with Gasteiger partial charge in [0.15, 0.2) is 5.01 Å². The van der Waals surface area contributed by atoms with Crippen molar-refractivity contribution in [3.63, 3.8) is 0 Å². The molecule has 0 spiro atoms. The number of hydrogen-bond donors (Lipinski definition) is 1. The molecule has 4 nitrogen and oxygen atoms in total. The lowest BCUT2D eigenvalue weighted by atomic mass is 10.1. The number of carbonyl (C=O) groups is 1. The summed E-state index contributed by atoms with van der Waals surface area (Å²) in [5.41, 5.74) is 6.56. The topological polar surface area (TPSA) is 65.2 Å². The Balaban J connectivity index is 0.000000615. The molecule has 1 aromatic carbocycles. The lowest BCUT2D eigenvalue weighted by Gasteiger charge is -2.07. The number of aromatic nitrogens is 1. The average Bonchev–Trinajstić information content (AvgIpc) is 2.92. The van der Waals surface area contributed by atoms with E-state index in [2.05, 4.69) is 20.9 Å². The lowest BCUT2D eigenvalue weighted by molar-refractivity contribution is 0.1000. The highest BCUT2D eigenvalue weighted by atomic mass is 79.9. The van der Waals surface area contributed by atoms with Gasteiger partial charge in [-0.2, -0.15) is 0 Å². The van der Waals surface area contributed by atoms with Crippen molar-refractivity contribution in [3.8, 4) is 17.0 Å². The molecule has 23 heavy (non-hydrogen) atoms. The minimum atomic E-state index is -0.554. The first-order chi connectivity index (χ1) is 11.1. The highest BCUT2D eigenvalue weighted by molar-refractivity contribution is 9.10. The van der Waals surface area contributed by atoms with Gasteiger partial charge >= 0.3 is 0 Å². The van der Waals surface area contributed by atoms with Gasteiger partial charge in [-0.05, 0) is 22.0 Å². The quantitative estimate of drug-likeness (QED) is 0.744. The second kappa shape index (κ2) is 8.98. The van der Waals surface area contributed by atoms with E-state index in [1.807, 2.05) is 27.7 Å². The Kier molecular flexibility index (Phi) is 7.64. The van der Waals surface area contributed by atoms with Crippen molar-refractivity contribution < 1.29 is 13.9 Å². The number of nitrogens with zero attached hydrogens (tertiary/aromatic N) is 1. The third-order valence-electron chi connectivity index (χ3n) is 2.77. The first-order valence-electron chi connectivity index (χ1n) is 7.48. The Morgan fingerprint density at radius 1 is 1.35 bits per heavy atom. The van der Waals surface area contributed by atoms with Gasteiger partial charge in [0, 0.05) is 22.9 Å². The number of benzene rings is 1.